The lowest BCUT2D eigenvalue weighted by Crippen LogP contribution is -2.07. The zero-order valence-electron chi connectivity index (χ0n) is 9.49. The lowest BCUT2D eigenvalue weighted by molar-refractivity contribution is 0.269. The molecule has 0 fully saturated rings. The van der Waals surface area contributed by atoms with Crippen molar-refractivity contribution in [3.8, 4) is 5.75 Å². The standard InChI is InChI=1S/C13H19NO/c1-9(2)8-15-13-5-3-4-10-11(13)6-7-12(10)14/h3-5,9,12H,6-8,14H2,1-2H3. The van der Waals surface area contributed by atoms with Crippen LogP contribution in [0.1, 0.15) is 37.4 Å². The summed E-state index contributed by atoms with van der Waals surface area (Å²) in [6.45, 7) is 5.11. The van der Waals surface area contributed by atoms with Gasteiger partial charge in [-0.25, -0.2) is 0 Å². The van der Waals surface area contributed by atoms with E-state index in [-0.39, 0.29) is 6.04 Å². The van der Waals surface area contributed by atoms with Gasteiger partial charge in [-0.15, -0.1) is 0 Å². The molecule has 0 saturated carbocycles. The fraction of sp³-hybridized carbons (Fsp3) is 0.538. The monoisotopic (exact) mass is 205 g/mol. The van der Waals surface area contributed by atoms with Crippen molar-refractivity contribution in [1.82, 2.24) is 0 Å². The quantitative estimate of drug-likeness (QED) is 0.823. The highest BCUT2D eigenvalue weighted by atomic mass is 16.5. The molecule has 82 valence electrons. The zero-order chi connectivity index (χ0) is 10.8. The fourth-order valence-corrected chi connectivity index (χ4v) is 2.04. The SMILES string of the molecule is CC(C)COc1cccc2c1CCC2N. The second-order valence-corrected chi connectivity index (χ2v) is 4.67. The van der Waals surface area contributed by atoms with Gasteiger partial charge in [-0.05, 0) is 36.0 Å². The molecule has 1 aliphatic carbocycles. The van der Waals surface area contributed by atoms with E-state index in [1.54, 1.807) is 0 Å². The van der Waals surface area contributed by atoms with Gasteiger partial charge in [-0.2, -0.15) is 0 Å². The summed E-state index contributed by atoms with van der Waals surface area (Å²) in [5.74, 6) is 1.60. The highest BCUT2D eigenvalue weighted by molar-refractivity contribution is 5.44. The summed E-state index contributed by atoms with van der Waals surface area (Å²) in [4.78, 5) is 0. The van der Waals surface area contributed by atoms with Crippen molar-refractivity contribution in [3.63, 3.8) is 0 Å². The molecule has 1 aromatic carbocycles. The van der Waals surface area contributed by atoms with Crippen molar-refractivity contribution < 1.29 is 4.74 Å². The molecule has 0 bridgehead atoms. The third-order valence-electron chi connectivity index (χ3n) is 2.85. The minimum Gasteiger partial charge on any atom is -0.493 e. The minimum absolute atomic E-state index is 0.211. The van der Waals surface area contributed by atoms with Crippen molar-refractivity contribution in [2.75, 3.05) is 6.61 Å². The molecule has 2 heteroatoms. The molecule has 2 N–H and O–H groups in total. The van der Waals surface area contributed by atoms with Crippen LogP contribution >= 0.6 is 0 Å². The van der Waals surface area contributed by atoms with Crippen molar-refractivity contribution in [2.24, 2.45) is 11.7 Å². The lowest BCUT2D eigenvalue weighted by Gasteiger charge is -2.13. The Morgan fingerprint density at radius 2 is 2.27 bits per heavy atom. The van der Waals surface area contributed by atoms with Crippen LogP contribution in [-0.4, -0.2) is 6.61 Å². The summed E-state index contributed by atoms with van der Waals surface area (Å²) in [7, 11) is 0. The molecule has 1 atom stereocenters. The van der Waals surface area contributed by atoms with Crippen LogP contribution in [0.25, 0.3) is 0 Å². The molecule has 2 rings (SSSR count). The molecule has 15 heavy (non-hydrogen) atoms. The molecule has 0 heterocycles. The van der Waals surface area contributed by atoms with Gasteiger partial charge in [0.1, 0.15) is 5.75 Å². The van der Waals surface area contributed by atoms with Crippen molar-refractivity contribution in [3.05, 3.63) is 29.3 Å². The third-order valence-corrected chi connectivity index (χ3v) is 2.85. The second-order valence-electron chi connectivity index (χ2n) is 4.67. The lowest BCUT2D eigenvalue weighted by atomic mass is 10.1. The predicted molar refractivity (Wildman–Crippen MR) is 62.0 cm³/mol. The molecule has 0 aliphatic heterocycles. The third kappa shape index (κ3) is 2.15. The van der Waals surface area contributed by atoms with E-state index >= 15 is 0 Å². The highest BCUT2D eigenvalue weighted by Crippen LogP contribution is 2.35. The summed E-state index contributed by atoms with van der Waals surface area (Å²) in [6.07, 6.45) is 2.11. The van der Waals surface area contributed by atoms with Gasteiger partial charge in [0.2, 0.25) is 0 Å². The Hall–Kier alpha value is -1.02. The number of hydrogen-bond acceptors (Lipinski definition) is 2. The maximum Gasteiger partial charge on any atom is 0.122 e. The first kappa shape index (κ1) is 10.5. The Bertz CT molecular complexity index is 346. The Balaban J connectivity index is 2.19. The van der Waals surface area contributed by atoms with E-state index in [0.29, 0.717) is 5.92 Å². The molecule has 0 aromatic heterocycles. The number of rotatable bonds is 3. The van der Waals surface area contributed by atoms with Crippen LogP contribution in [0.5, 0.6) is 5.75 Å². The highest BCUT2D eigenvalue weighted by Gasteiger charge is 2.21. The van der Waals surface area contributed by atoms with Gasteiger partial charge < -0.3 is 10.5 Å². The van der Waals surface area contributed by atoms with E-state index in [2.05, 4.69) is 26.0 Å². The predicted octanol–water partition coefficient (Wildman–Crippen LogP) is 2.67. The van der Waals surface area contributed by atoms with E-state index in [1.165, 1.54) is 11.1 Å². The normalized spacial score (nSPS) is 19.3. The van der Waals surface area contributed by atoms with Gasteiger partial charge in [-0.1, -0.05) is 26.0 Å². The number of ether oxygens (including phenoxy) is 1. The van der Waals surface area contributed by atoms with E-state index in [1.807, 2.05) is 6.07 Å². The molecule has 1 aromatic rings. The van der Waals surface area contributed by atoms with Gasteiger partial charge in [0.05, 0.1) is 6.61 Å². The summed E-state index contributed by atoms with van der Waals surface area (Å²) in [5, 5.41) is 0. The van der Waals surface area contributed by atoms with Crippen LogP contribution in [0, 0.1) is 5.92 Å². The van der Waals surface area contributed by atoms with Crippen molar-refractivity contribution >= 4 is 0 Å². The van der Waals surface area contributed by atoms with Crippen LogP contribution in [0.15, 0.2) is 18.2 Å². The second kappa shape index (κ2) is 4.23. The molecule has 0 radical (unpaired) electrons. The molecule has 1 aliphatic rings. The van der Waals surface area contributed by atoms with Crippen LogP contribution < -0.4 is 10.5 Å². The number of hydrogen-bond donors (Lipinski definition) is 1. The van der Waals surface area contributed by atoms with Crippen LogP contribution in [0.3, 0.4) is 0 Å². The van der Waals surface area contributed by atoms with Crippen LogP contribution in [-0.2, 0) is 6.42 Å². The fourth-order valence-electron chi connectivity index (χ4n) is 2.04. The van der Waals surface area contributed by atoms with Gasteiger partial charge >= 0.3 is 0 Å². The summed E-state index contributed by atoms with van der Waals surface area (Å²) >= 11 is 0. The van der Waals surface area contributed by atoms with Crippen molar-refractivity contribution in [1.29, 1.82) is 0 Å². The molecular weight excluding hydrogens is 186 g/mol. The number of nitrogens with two attached hydrogens (primary N) is 1. The maximum atomic E-state index is 6.02. The van der Waals surface area contributed by atoms with E-state index in [9.17, 15) is 0 Å². The molecule has 0 saturated heterocycles. The Morgan fingerprint density at radius 3 is 3.00 bits per heavy atom. The first-order valence-electron chi connectivity index (χ1n) is 5.68. The molecule has 0 amide bonds. The summed E-state index contributed by atoms with van der Waals surface area (Å²) in [6, 6.07) is 6.43. The Labute approximate surface area is 91.4 Å². The summed E-state index contributed by atoms with van der Waals surface area (Å²) in [5.41, 5.74) is 8.61. The van der Waals surface area contributed by atoms with E-state index in [4.69, 9.17) is 10.5 Å². The maximum absolute atomic E-state index is 6.02. The Kier molecular flexibility index (Phi) is 2.96. The van der Waals surface area contributed by atoms with Crippen molar-refractivity contribution in [2.45, 2.75) is 32.7 Å². The van der Waals surface area contributed by atoms with Gasteiger partial charge in [0.25, 0.3) is 0 Å². The average molecular weight is 205 g/mol. The van der Waals surface area contributed by atoms with Gasteiger partial charge in [0, 0.05) is 6.04 Å². The molecule has 2 nitrogen and oxygen atoms in total. The van der Waals surface area contributed by atoms with Crippen LogP contribution in [0.2, 0.25) is 0 Å². The average Bonchev–Trinajstić information content (AvgIpc) is 2.58. The first-order valence-corrected chi connectivity index (χ1v) is 5.68. The topological polar surface area (TPSA) is 35.2 Å². The first-order chi connectivity index (χ1) is 7.18. The number of fused-ring (bicyclic) bond motifs is 1. The molecule has 0 spiro atoms. The largest absolute Gasteiger partial charge is 0.493 e. The molecule has 1 unspecified atom stereocenters. The van der Waals surface area contributed by atoms with E-state index in [0.717, 1.165) is 25.2 Å². The summed E-state index contributed by atoms with van der Waals surface area (Å²) < 4.78 is 5.80. The van der Waals surface area contributed by atoms with E-state index < -0.39 is 0 Å². The van der Waals surface area contributed by atoms with Gasteiger partial charge in [-0.3, -0.25) is 0 Å². The Morgan fingerprint density at radius 1 is 1.47 bits per heavy atom. The number of benzene rings is 1. The smallest absolute Gasteiger partial charge is 0.122 e. The van der Waals surface area contributed by atoms with Gasteiger partial charge in [0.15, 0.2) is 0 Å². The molecular formula is C13H19NO. The van der Waals surface area contributed by atoms with Crippen LogP contribution in [0.4, 0.5) is 0 Å². The zero-order valence-corrected chi connectivity index (χ0v) is 9.49. The minimum atomic E-state index is 0.211.